The van der Waals surface area contributed by atoms with Gasteiger partial charge in [-0.2, -0.15) is 0 Å². The lowest BCUT2D eigenvalue weighted by Gasteiger charge is -2.21. The van der Waals surface area contributed by atoms with E-state index in [4.69, 9.17) is 10.9 Å². The van der Waals surface area contributed by atoms with E-state index >= 15 is 0 Å². The van der Waals surface area contributed by atoms with E-state index in [-0.39, 0.29) is 5.84 Å². The molecule has 0 spiro atoms. The molecule has 1 fully saturated rings. The summed E-state index contributed by atoms with van der Waals surface area (Å²) in [5.74, 6) is 1.88. The minimum absolute atomic E-state index is 0.0919. The van der Waals surface area contributed by atoms with E-state index in [1.54, 1.807) is 6.20 Å². The number of anilines is 1. The van der Waals surface area contributed by atoms with Crippen LogP contribution in [0.2, 0.25) is 0 Å². The summed E-state index contributed by atoms with van der Waals surface area (Å²) < 4.78 is 0. The van der Waals surface area contributed by atoms with Gasteiger partial charge in [0.15, 0.2) is 5.84 Å². The molecule has 1 saturated carbocycles. The molecule has 5 nitrogen and oxygen atoms in total. The molecule has 1 aliphatic rings. The standard InChI is InChI=1S/C12H18N4O/c1-2-16(8-9-3-4-9)11-6-5-10(7-14-11)12(13)15-17/h5-7,9,17H,2-4,8H2,1H3,(H2,13,15). The Morgan fingerprint density at radius 2 is 2.35 bits per heavy atom. The van der Waals surface area contributed by atoms with E-state index in [1.165, 1.54) is 12.8 Å². The zero-order chi connectivity index (χ0) is 12.3. The topological polar surface area (TPSA) is 74.7 Å². The zero-order valence-corrected chi connectivity index (χ0v) is 10.0. The third-order valence-corrected chi connectivity index (χ3v) is 3.03. The molecule has 0 aliphatic heterocycles. The van der Waals surface area contributed by atoms with Crippen molar-refractivity contribution in [2.75, 3.05) is 18.0 Å². The highest BCUT2D eigenvalue weighted by Gasteiger charge is 2.24. The van der Waals surface area contributed by atoms with E-state index in [0.717, 1.165) is 24.8 Å². The number of nitrogens with zero attached hydrogens (tertiary/aromatic N) is 3. The fraction of sp³-hybridized carbons (Fsp3) is 0.500. The normalized spacial score (nSPS) is 15.9. The van der Waals surface area contributed by atoms with Crippen molar-refractivity contribution >= 4 is 11.7 Å². The van der Waals surface area contributed by atoms with Crippen molar-refractivity contribution < 1.29 is 5.21 Å². The summed E-state index contributed by atoms with van der Waals surface area (Å²) in [4.78, 5) is 6.61. The molecule has 92 valence electrons. The van der Waals surface area contributed by atoms with Crippen LogP contribution < -0.4 is 10.6 Å². The lowest BCUT2D eigenvalue weighted by atomic mass is 10.2. The quantitative estimate of drug-likeness (QED) is 0.349. The molecule has 0 saturated heterocycles. The van der Waals surface area contributed by atoms with Crippen LogP contribution in [0, 0.1) is 5.92 Å². The highest BCUT2D eigenvalue weighted by Crippen LogP contribution is 2.30. The Morgan fingerprint density at radius 3 is 2.82 bits per heavy atom. The van der Waals surface area contributed by atoms with Gasteiger partial charge in [-0.3, -0.25) is 0 Å². The monoisotopic (exact) mass is 234 g/mol. The first-order valence-corrected chi connectivity index (χ1v) is 5.93. The van der Waals surface area contributed by atoms with Crippen molar-refractivity contribution in [2.24, 2.45) is 16.8 Å². The number of amidine groups is 1. The van der Waals surface area contributed by atoms with Crippen molar-refractivity contribution in [3.63, 3.8) is 0 Å². The number of pyridine rings is 1. The van der Waals surface area contributed by atoms with Gasteiger partial charge in [0.2, 0.25) is 0 Å². The van der Waals surface area contributed by atoms with Gasteiger partial charge >= 0.3 is 0 Å². The van der Waals surface area contributed by atoms with Gasteiger partial charge in [-0.05, 0) is 37.8 Å². The Hall–Kier alpha value is -1.78. The molecular weight excluding hydrogens is 216 g/mol. The number of hydrogen-bond donors (Lipinski definition) is 2. The maximum Gasteiger partial charge on any atom is 0.171 e. The average Bonchev–Trinajstić information content (AvgIpc) is 3.19. The number of hydrogen-bond acceptors (Lipinski definition) is 4. The van der Waals surface area contributed by atoms with Gasteiger partial charge in [-0.15, -0.1) is 0 Å². The van der Waals surface area contributed by atoms with Crippen LogP contribution in [0.3, 0.4) is 0 Å². The summed E-state index contributed by atoms with van der Waals surface area (Å²) >= 11 is 0. The smallest absolute Gasteiger partial charge is 0.171 e. The van der Waals surface area contributed by atoms with Crippen molar-refractivity contribution in [1.29, 1.82) is 0 Å². The van der Waals surface area contributed by atoms with Gasteiger partial charge < -0.3 is 15.8 Å². The van der Waals surface area contributed by atoms with Crippen LogP contribution in [0.25, 0.3) is 0 Å². The highest BCUT2D eigenvalue weighted by atomic mass is 16.4. The number of aromatic nitrogens is 1. The van der Waals surface area contributed by atoms with Crippen LogP contribution in [0.4, 0.5) is 5.82 Å². The first-order valence-electron chi connectivity index (χ1n) is 5.93. The molecule has 0 aromatic carbocycles. The van der Waals surface area contributed by atoms with Crippen LogP contribution in [0.1, 0.15) is 25.3 Å². The highest BCUT2D eigenvalue weighted by molar-refractivity contribution is 5.96. The van der Waals surface area contributed by atoms with Crippen molar-refractivity contribution in [1.82, 2.24) is 4.98 Å². The molecule has 0 atom stereocenters. The second-order valence-corrected chi connectivity index (χ2v) is 4.37. The molecule has 0 radical (unpaired) electrons. The Balaban J connectivity index is 2.09. The molecule has 0 amide bonds. The molecule has 5 heteroatoms. The number of oxime groups is 1. The third kappa shape index (κ3) is 2.87. The number of rotatable bonds is 5. The van der Waals surface area contributed by atoms with Crippen molar-refractivity contribution in [3.8, 4) is 0 Å². The van der Waals surface area contributed by atoms with Crippen LogP contribution in [0.15, 0.2) is 23.5 Å². The van der Waals surface area contributed by atoms with Crippen LogP contribution in [-0.4, -0.2) is 29.1 Å². The van der Waals surface area contributed by atoms with Gasteiger partial charge in [-0.25, -0.2) is 4.98 Å². The predicted octanol–water partition coefficient (Wildman–Crippen LogP) is 1.41. The Morgan fingerprint density at radius 1 is 1.59 bits per heavy atom. The summed E-state index contributed by atoms with van der Waals surface area (Å²) in [5.41, 5.74) is 6.13. The SMILES string of the molecule is CCN(CC1CC1)c1ccc(C(N)=NO)cn1. The molecule has 1 aromatic heterocycles. The molecule has 0 unspecified atom stereocenters. The van der Waals surface area contributed by atoms with Gasteiger partial charge in [0.1, 0.15) is 5.82 Å². The molecule has 17 heavy (non-hydrogen) atoms. The molecular formula is C12H18N4O. The lowest BCUT2D eigenvalue weighted by molar-refractivity contribution is 0.318. The lowest BCUT2D eigenvalue weighted by Crippen LogP contribution is -2.26. The summed E-state index contributed by atoms with van der Waals surface area (Å²) in [7, 11) is 0. The third-order valence-electron chi connectivity index (χ3n) is 3.03. The van der Waals surface area contributed by atoms with Crippen molar-refractivity contribution in [3.05, 3.63) is 23.9 Å². The van der Waals surface area contributed by atoms with E-state index in [0.29, 0.717) is 5.56 Å². The second-order valence-electron chi connectivity index (χ2n) is 4.37. The van der Waals surface area contributed by atoms with Crippen LogP contribution >= 0.6 is 0 Å². The Kier molecular flexibility index (Phi) is 3.46. The maximum atomic E-state index is 8.56. The fourth-order valence-electron chi connectivity index (χ4n) is 1.78. The molecule has 2 rings (SSSR count). The Labute approximate surface area is 101 Å². The second kappa shape index (κ2) is 5.03. The van der Waals surface area contributed by atoms with Crippen LogP contribution in [-0.2, 0) is 0 Å². The molecule has 1 heterocycles. The zero-order valence-electron chi connectivity index (χ0n) is 10.0. The largest absolute Gasteiger partial charge is 0.409 e. The minimum Gasteiger partial charge on any atom is -0.409 e. The van der Waals surface area contributed by atoms with E-state index < -0.39 is 0 Å². The van der Waals surface area contributed by atoms with Crippen molar-refractivity contribution in [2.45, 2.75) is 19.8 Å². The van der Waals surface area contributed by atoms with E-state index in [2.05, 4.69) is 22.0 Å². The number of nitrogens with two attached hydrogens (primary N) is 1. The van der Waals surface area contributed by atoms with E-state index in [1.807, 2.05) is 12.1 Å². The van der Waals surface area contributed by atoms with Crippen LogP contribution in [0.5, 0.6) is 0 Å². The van der Waals surface area contributed by atoms with E-state index in [9.17, 15) is 0 Å². The van der Waals surface area contributed by atoms with Gasteiger partial charge in [0.25, 0.3) is 0 Å². The Bertz CT molecular complexity index is 397. The average molecular weight is 234 g/mol. The summed E-state index contributed by atoms with van der Waals surface area (Å²) in [6, 6.07) is 3.74. The maximum absolute atomic E-state index is 8.56. The predicted molar refractivity (Wildman–Crippen MR) is 67.4 cm³/mol. The summed E-state index contributed by atoms with van der Waals surface area (Å²) in [6.07, 6.45) is 4.30. The molecule has 3 N–H and O–H groups in total. The molecule has 1 aromatic rings. The first-order chi connectivity index (χ1) is 8.24. The minimum atomic E-state index is 0.0919. The summed E-state index contributed by atoms with van der Waals surface area (Å²) in [6.45, 7) is 4.15. The van der Waals surface area contributed by atoms with Gasteiger partial charge in [0.05, 0.1) is 0 Å². The molecule has 0 bridgehead atoms. The summed E-state index contributed by atoms with van der Waals surface area (Å²) in [5, 5.41) is 11.5. The molecule has 1 aliphatic carbocycles. The van der Waals surface area contributed by atoms with Gasteiger partial charge in [0, 0.05) is 24.8 Å². The fourth-order valence-corrected chi connectivity index (χ4v) is 1.78. The first kappa shape index (κ1) is 11.7. The van der Waals surface area contributed by atoms with Gasteiger partial charge in [-0.1, -0.05) is 5.16 Å².